The molecule has 3 rings (SSSR count). The van der Waals surface area contributed by atoms with Gasteiger partial charge in [-0.1, -0.05) is 0 Å². The maximum absolute atomic E-state index is 12.4. The third-order valence-electron chi connectivity index (χ3n) is 5.26. The number of fused-ring (bicyclic) bond motifs is 3. The summed E-state index contributed by atoms with van der Waals surface area (Å²) in [6, 6.07) is 4.10. The Morgan fingerprint density at radius 1 is 1.11 bits per heavy atom. The highest BCUT2D eigenvalue weighted by molar-refractivity contribution is 5.49. The number of piperidine rings is 1. The summed E-state index contributed by atoms with van der Waals surface area (Å²) in [4.78, 5) is 2.45. The first-order chi connectivity index (χ1) is 13.1. The van der Waals surface area contributed by atoms with Gasteiger partial charge in [-0.3, -0.25) is 4.90 Å². The summed E-state index contributed by atoms with van der Waals surface area (Å²) in [5.74, 6) is 0.888. The molecule has 0 spiro atoms. The molecule has 0 aromatic heterocycles. The second-order valence-electron chi connectivity index (χ2n) is 8.61. The summed E-state index contributed by atoms with van der Waals surface area (Å²) in [5, 5.41) is 0. The van der Waals surface area contributed by atoms with Crippen molar-refractivity contribution in [3.63, 3.8) is 0 Å². The monoisotopic (exact) mass is 401 g/mol. The molecule has 0 radical (unpaired) electrons. The predicted molar refractivity (Wildman–Crippen MR) is 101 cm³/mol. The van der Waals surface area contributed by atoms with Crippen LogP contribution >= 0.6 is 0 Å². The molecule has 0 aliphatic carbocycles. The van der Waals surface area contributed by atoms with Crippen LogP contribution < -0.4 is 9.47 Å². The fourth-order valence-corrected chi connectivity index (χ4v) is 4.16. The molecule has 2 atom stereocenters. The summed E-state index contributed by atoms with van der Waals surface area (Å²) >= 11 is 0. The Morgan fingerprint density at radius 2 is 1.86 bits per heavy atom. The van der Waals surface area contributed by atoms with Crippen LogP contribution in [0.2, 0.25) is 0 Å². The molecule has 2 heterocycles. The molecular weight excluding hydrogens is 371 g/mol. The van der Waals surface area contributed by atoms with E-state index in [-0.39, 0.29) is 11.7 Å². The van der Waals surface area contributed by atoms with Crippen molar-refractivity contribution < 1.29 is 27.4 Å². The second-order valence-corrected chi connectivity index (χ2v) is 8.61. The average molecular weight is 401 g/mol. The van der Waals surface area contributed by atoms with Gasteiger partial charge in [-0.05, 0) is 63.3 Å². The molecule has 158 valence electrons. The molecule has 0 N–H and O–H groups in total. The van der Waals surface area contributed by atoms with Crippen molar-refractivity contribution >= 4 is 0 Å². The maximum Gasteiger partial charge on any atom is 0.392 e. The van der Waals surface area contributed by atoms with Crippen LogP contribution in [0.3, 0.4) is 0 Å². The van der Waals surface area contributed by atoms with Crippen molar-refractivity contribution in [3.05, 3.63) is 23.3 Å². The third kappa shape index (κ3) is 5.32. The van der Waals surface area contributed by atoms with E-state index in [2.05, 4.69) is 25.7 Å². The van der Waals surface area contributed by atoms with E-state index >= 15 is 0 Å². The molecule has 1 aromatic carbocycles. The minimum absolute atomic E-state index is 0.156. The Bertz CT molecular complexity index is 685. The topological polar surface area (TPSA) is 30.9 Å². The Morgan fingerprint density at radius 3 is 2.50 bits per heavy atom. The minimum Gasteiger partial charge on any atom is -0.493 e. The van der Waals surface area contributed by atoms with Gasteiger partial charge in [-0.2, -0.15) is 13.2 Å². The van der Waals surface area contributed by atoms with Crippen LogP contribution in [0.15, 0.2) is 12.1 Å². The molecule has 0 amide bonds. The molecule has 2 aliphatic heterocycles. The van der Waals surface area contributed by atoms with Crippen LogP contribution in [0.1, 0.15) is 57.2 Å². The van der Waals surface area contributed by atoms with E-state index in [1.165, 1.54) is 12.7 Å². The highest BCUT2D eigenvalue weighted by atomic mass is 19.4. The number of hydrogen-bond acceptors (Lipinski definition) is 4. The molecule has 28 heavy (non-hydrogen) atoms. The molecule has 0 saturated carbocycles. The van der Waals surface area contributed by atoms with Crippen LogP contribution in [0.4, 0.5) is 13.2 Å². The largest absolute Gasteiger partial charge is 0.493 e. The zero-order valence-corrected chi connectivity index (χ0v) is 17.1. The molecule has 7 heteroatoms. The zero-order chi connectivity index (χ0) is 20.5. The molecule has 1 saturated heterocycles. The third-order valence-corrected chi connectivity index (χ3v) is 5.26. The van der Waals surface area contributed by atoms with Gasteiger partial charge in [0.25, 0.3) is 0 Å². The van der Waals surface area contributed by atoms with Gasteiger partial charge in [0.15, 0.2) is 11.5 Å². The lowest BCUT2D eigenvalue weighted by atomic mass is 9.85. The van der Waals surface area contributed by atoms with Gasteiger partial charge in [0.05, 0.1) is 31.8 Å². The lowest BCUT2D eigenvalue weighted by molar-refractivity contribution is -0.139. The van der Waals surface area contributed by atoms with Gasteiger partial charge in [0.1, 0.15) is 0 Å². The summed E-state index contributed by atoms with van der Waals surface area (Å²) in [6.45, 7) is 7.64. The average Bonchev–Trinajstić information content (AvgIpc) is 2.58. The van der Waals surface area contributed by atoms with Gasteiger partial charge < -0.3 is 14.2 Å². The van der Waals surface area contributed by atoms with E-state index in [1.54, 1.807) is 0 Å². The standard InChI is InChI=1S/C21H30F3NO3/c1-20(2,3)28-15-5-6-17-16-12-18(26-4)19(27-10-8-21(22,23)24)11-14(16)7-9-25(17)13-15/h11-12,15,17H,5-10,13H2,1-4H3. The fraction of sp³-hybridized carbons (Fsp3) is 0.714. The van der Waals surface area contributed by atoms with Crippen LogP contribution in [-0.4, -0.2) is 49.6 Å². The number of alkyl halides is 3. The number of methoxy groups -OCH3 is 1. The number of ether oxygens (including phenoxy) is 3. The van der Waals surface area contributed by atoms with Crippen molar-refractivity contribution in [1.29, 1.82) is 0 Å². The molecular formula is C21H30F3NO3. The van der Waals surface area contributed by atoms with E-state index in [1.807, 2.05) is 12.1 Å². The molecule has 2 aliphatic rings. The van der Waals surface area contributed by atoms with Crippen LogP contribution in [0.25, 0.3) is 0 Å². The first kappa shape index (κ1) is 21.2. The van der Waals surface area contributed by atoms with Gasteiger partial charge in [0.2, 0.25) is 0 Å². The van der Waals surface area contributed by atoms with E-state index < -0.39 is 19.2 Å². The van der Waals surface area contributed by atoms with Crippen LogP contribution in [0, 0.1) is 0 Å². The Balaban J connectivity index is 1.73. The van der Waals surface area contributed by atoms with Crippen molar-refractivity contribution in [2.45, 2.75) is 70.4 Å². The number of rotatable bonds is 5. The van der Waals surface area contributed by atoms with Gasteiger partial charge in [-0.25, -0.2) is 0 Å². The molecule has 2 unspecified atom stereocenters. The highest BCUT2D eigenvalue weighted by Crippen LogP contribution is 2.42. The van der Waals surface area contributed by atoms with Crippen molar-refractivity contribution in [2.24, 2.45) is 0 Å². The fourth-order valence-electron chi connectivity index (χ4n) is 4.16. The molecule has 1 aromatic rings. The molecule has 1 fully saturated rings. The lowest BCUT2D eigenvalue weighted by Crippen LogP contribution is -2.47. The van der Waals surface area contributed by atoms with Crippen LogP contribution in [0.5, 0.6) is 11.5 Å². The smallest absolute Gasteiger partial charge is 0.392 e. The predicted octanol–water partition coefficient (Wildman–Crippen LogP) is 4.90. The SMILES string of the molecule is COc1cc2c(cc1OCCC(F)(F)F)CCN1CC(OC(C)(C)C)CCC21. The minimum atomic E-state index is -4.23. The Hall–Kier alpha value is -1.47. The van der Waals surface area contributed by atoms with Crippen molar-refractivity contribution in [3.8, 4) is 11.5 Å². The van der Waals surface area contributed by atoms with E-state index in [0.29, 0.717) is 17.5 Å². The van der Waals surface area contributed by atoms with E-state index in [4.69, 9.17) is 14.2 Å². The lowest BCUT2D eigenvalue weighted by Gasteiger charge is -2.44. The summed E-state index contributed by atoms with van der Waals surface area (Å²) < 4.78 is 54.2. The number of benzene rings is 1. The first-order valence-corrected chi connectivity index (χ1v) is 9.88. The normalized spacial score (nSPS) is 23.1. The maximum atomic E-state index is 12.4. The summed E-state index contributed by atoms with van der Waals surface area (Å²) in [7, 11) is 1.52. The van der Waals surface area contributed by atoms with Crippen LogP contribution in [-0.2, 0) is 11.2 Å². The number of nitrogens with zero attached hydrogens (tertiary/aromatic N) is 1. The van der Waals surface area contributed by atoms with Gasteiger partial charge in [-0.15, -0.1) is 0 Å². The number of hydrogen-bond donors (Lipinski definition) is 0. The van der Waals surface area contributed by atoms with E-state index in [0.717, 1.165) is 37.9 Å². The molecule has 0 bridgehead atoms. The Kier molecular flexibility index (Phi) is 6.15. The van der Waals surface area contributed by atoms with Crippen molar-refractivity contribution in [1.82, 2.24) is 4.90 Å². The number of halogens is 3. The summed E-state index contributed by atoms with van der Waals surface area (Å²) in [6.07, 6.45) is -2.15. The van der Waals surface area contributed by atoms with Gasteiger partial charge >= 0.3 is 6.18 Å². The van der Waals surface area contributed by atoms with Crippen molar-refractivity contribution in [2.75, 3.05) is 26.8 Å². The first-order valence-electron chi connectivity index (χ1n) is 9.88. The van der Waals surface area contributed by atoms with Gasteiger partial charge in [0, 0.05) is 19.1 Å². The molecule has 4 nitrogen and oxygen atoms in total. The quantitative estimate of drug-likeness (QED) is 0.702. The Labute approximate surface area is 164 Å². The van der Waals surface area contributed by atoms with E-state index in [9.17, 15) is 13.2 Å². The highest BCUT2D eigenvalue weighted by Gasteiger charge is 2.36. The summed E-state index contributed by atoms with van der Waals surface area (Å²) in [5.41, 5.74) is 2.18. The second kappa shape index (κ2) is 8.11. The zero-order valence-electron chi connectivity index (χ0n) is 17.1.